The standard InChI is InChI=1S/C17H23N3OS/c1-3-5-15-11-16(21)20-17(19-15)18-14-8-6-13(7-9-14)12-22-10-4-2/h6-9,11H,3-5,10,12H2,1-2H3,(H2,18,19,20,21). The number of aryl methyl sites for hydroxylation is 1. The molecule has 0 aliphatic heterocycles. The van der Waals surface area contributed by atoms with Gasteiger partial charge in [-0.1, -0.05) is 32.4 Å². The Hall–Kier alpha value is -1.75. The Labute approximate surface area is 135 Å². The molecule has 22 heavy (non-hydrogen) atoms. The summed E-state index contributed by atoms with van der Waals surface area (Å²) in [6, 6.07) is 9.82. The Morgan fingerprint density at radius 1 is 1.18 bits per heavy atom. The molecule has 0 bridgehead atoms. The maximum absolute atomic E-state index is 11.6. The van der Waals surface area contributed by atoms with Gasteiger partial charge in [-0.2, -0.15) is 11.8 Å². The van der Waals surface area contributed by atoms with Crippen molar-refractivity contribution in [2.75, 3.05) is 11.1 Å². The summed E-state index contributed by atoms with van der Waals surface area (Å²) in [6.07, 6.45) is 2.99. The first kappa shape index (κ1) is 16.6. The fourth-order valence-corrected chi connectivity index (χ4v) is 2.97. The monoisotopic (exact) mass is 317 g/mol. The molecule has 1 heterocycles. The summed E-state index contributed by atoms with van der Waals surface area (Å²) in [5.74, 6) is 2.73. The van der Waals surface area contributed by atoms with Crippen molar-refractivity contribution in [2.24, 2.45) is 0 Å². The number of hydrogen-bond donors (Lipinski definition) is 2. The number of rotatable bonds is 8. The SMILES string of the molecule is CCCSCc1ccc(Nc2nc(CCC)cc(=O)[nH]2)cc1. The molecule has 0 unspecified atom stereocenters. The van der Waals surface area contributed by atoms with E-state index in [1.165, 1.54) is 17.7 Å². The van der Waals surface area contributed by atoms with Crippen molar-refractivity contribution < 1.29 is 0 Å². The lowest BCUT2D eigenvalue weighted by molar-refractivity contribution is 0.870. The predicted octanol–water partition coefficient (Wildman–Crippen LogP) is 4.11. The Kier molecular flexibility index (Phi) is 6.52. The molecule has 1 aromatic carbocycles. The van der Waals surface area contributed by atoms with E-state index in [1.807, 2.05) is 23.9 Å². The van der Waals surface area contributed by atoms with Gasteiger partial charge in [-0.25, -0.2) is 4.98 Å². The van der Waals surface area contributed by atoms with Crippen LogP contribution >= 0.6 is 11.8 Å². The normalized spacial score (nSPS) is 10.6. The topological polar surface area (TPSA) is 57.8 Å². The average molecular weight is 317 g/mol. The van der Waals surface area contributed by atoms with Crippen LogP contribution in [0.4, 0.5) is 11.6 Å². The van der Waals surface area contributed by atoms with Crippen molar-refractivity contribution in [3.8, 4) is 0 Å². The van der Waals surface area contributed by atoms with Crippen molar-refractivity contribution in [3.05, 3.63) is 51.9 Å². The Bertz CT molecular complexity index is 637. The molecule has 0 fully saturated rings. The third-order valence-corrected chi connectivity index (χ3v) is 4.37. The Balaban J connectivity index is 2.02. The maximum atomic E-state index is 11.6. The van der Waals surface area contributed by atoms with Gasteiger partial charge in [0.15, 0.2) is 0 Å². The number of nitrogens with one attached hydrogen (secondary N) is 2. The molecule has 2 aromatic rings. The van der Waals surface area contributed by atoms with E-state index >= 15 is 0 Å². The van der Waals surface area contributed by atoms with Crippen LogP contribution in [0.2, 0.25) is 0 Å². The minimum atomic E-state index is -0.117. The smallest absolute Gasteiger partial charge is 0.252 e. The van der Waals surface area contributed by atoms with Crippen molar-refractivity contribution in [1.82, 2.24) is 9.97 Å². The van der Waals surface area contributed by atoms with E-state index in [9.17, 15) is 4.79 Å². The molecule has 2 rings (SSSR count). The molecule has 0 aliphatic rings. The minimum absolute atomic E-state index is 0.117. The quantitative estimate of drug-likeness (QED) is 0.719. The first-order valence-corrected chi connectivity index (χ1v) is 8.90. The van der Waals surface area contributed by atoms with Crippen molar-refractivity contribution in [3.63, 3.8) is 0 Å². The van der Waals surface area contributed by atoms with Crippen LogP contribution in [-0.4, -0.2) is 15.7 Å². The van der Waals surface area contributed by atoms with Gasteiger partial charge in [-0.15, -0.1) is 0 Å². The van der Waals surface area contributed by atoms with Gasteiger partial charge in [0, 0.05) is 23.2 Å². The number of aromatic amines is 1. The zero-order valence-corrected chi connectivity index (χ0v) is 14.0. The van der Waals surface area contributed by atoms with Crippen LogP contribution in [0.1, 0.15) is 37.9 Å². The number of anilines is 2. The minimum Gasteiger partial charge on any atom is -0.326 e. The highest BCUT2D eigenvalue weighted by Crippen LogP contribution is 2.17. The third kappa shape index (κ3) is 5.22. The Morgan fingerprint density at radius 2 is 1.95 bits per heavy atom. The van der Waals surface area contributed by atoms with E-state index < -0.39 is 0 Å². The van der Waals surface area contributed by atoms with E-state index in [2.05, 4.69) is 41.3 Å². The summed E-state index contributed by atoms with van der Waals surface area (Å²) in [6.45, 7) is 4.27. The lowest BCUT2D eigenvalue weighted by atomic mass is 10.2. The van der Waals surface area contributed by atoms with Crippen LogP contribution < -0.4 is 10.9 Å². The largest absolute Gasteiger partial charge is 0.326 e. The first-order chi connectivity index (χ1) is 10.7. The molecule has 5 heteroatoms. The van der Waals surface area contributed by atoms with E-state index in [4.69, 9.17) is 0 Å². The molecule has 118 valence electrons. The number of aromatic nitrogens is 2. The number of thioether (sulfide) groups is 1. The van der Waals surface area contributed by atoms with Gasteiger partial charge < -0.3 is 5.32 Å². The average Bonchev–Trinajstić information content (AvgIpc) is 2.49. The number of H-pyrrole nitrogens is 1. The fraction of sp³-hybridized carbons (Fsp3) is 0.412. The van der Waals surface area contributed by atoms with Gasteiger partial charge in [-0.3, -0.25) is 9.78 Å². The van der Waals surface area contributed by atoms with Crippen LogP contribution in [-0.2, 0) is 12.2 Å². The van der Waals surface area contributed by atoms with Crippen molar-refractivity contribution in [1.29, 1.82) is 0 Å². The van der Waals surface area contributed by atoms with Crippen molar-refractivity contribution in [2.45, 2.75) is 38.9 Å². The molecule has 0 spiro atoms. The summed E-state index contributed by atoms with van der Waals surface area (Å²) in [4.78, 5) is 18.8. The van der Waals surface area contributed by atoms with Gasteiger partial charge >= 0.3 is 0 Å². The number of nitrogens with zero attached hydrogens (tertiary/aromatic N) is 1. The molecule has 2 N–H and O–H groups in total. The molecule has 0 radical (unpaired) electrons. The zero-order valence-electron chi connectivity index (χ0n) is 13.2. The Morgan fingerprint density at radius 3 is 2.64 bits per heavy atom. The van der Waals surface area contributed by atoms with E-state index in [0.717, 1.165) is 30.0 Å². The number of benzene rings is 1. The van der Waals surface area contributed by atoms with Crippen LogP contribution in [0.25, 0.3) is 0 Å². The summed E-state index contributed by atoms with van der Waals surface area (Å²) in [5.41, 5.74) is 2.95. The molecular weight excluding hydrogens is 294 g/mol. The second-order valence-electron chi connectivity index (χ2n) is 5.21. The summed E-state index contributed by atoms with van der Waals surface area (Å²) in [5, 5.41) is 3.16. The van der Waals surface area contributed by atoms with E-state index in [0.29, 0.717) is 5.95 Å². The second-order valence-corrected chi connectivity index (χ2v) is 6.32. The molecule has 0 amide bonds. The molecule has 0 saturated heterocycles. The molecule has 1 aromatic heterocycles. The highest BCUT2D eigenvalue weighted by molar-refractivity contribution is 7.98. The predicted molar refractivity (Wildman–Crippen MR) is 95.0 cm³/mol. The summed E-state index contributed by atoms with van der Waals surface area (Å²) < 4.78 is 0. The molecule has 4 nitrogen and oxygen atoms in total. The van der Waals surface area contributed by atoms with Crippen LogP contribution in [0.15, 0.2) is 35.1 Å². The summed E-state index contributed by atoms with van der Waals surface area (Å²) >= 11 is 1.95. The fourth-order valence-electron chi connectivity index (χ4n) is 2.11. The maximum Gasteiger partial charge on any atom is 0.252 e. The third-order valence-electron chi connectivity index (χ3n) is 3.13. The van der Waals surface area contributed by atoms with Gasteiger partial charge in [0.1, 0.15) is 0 Å². The number of hydrogen-bond acceptors (Lipinski definition) is 4. The molecule has 0 aliphatic carbocycles. The molecular formula is C17H23N3OS. The lowest BCUT2D eigenvalue weighted by Crippen LogP contribution is -2.12. The van der Waals surface area contributed by atoms with Crippen molar-refractivity contribution >= 4 is 23.4 Å². The lowest BCUT2D eigenvalue weighted by Gasteiger charge is -2.08. The highest BCUT2D eigenvalue weighted by Gasteiger charge is 2.02. The van der Waals surface area contributed by atoms with Gasteiger partial charge in [0.05, 0.1) is 0 Å². The van der Waals surface area contributed by atoms with E-state index in [1.54, 1.807) is 6.07 Å². The summed E-state index contributed by atoms with van der Waals surface area (Å²) in [7, 11) is 0. The van der Waals surface area contributed by atoms with E-state index in [-0.39, 0.29) is 5.56 Å². The van der Waals surface area contributed by atoms with Crippen LogP contribution in [0.3, 0.4) is 0 Å². The highest BCUT2D eigenvalue weighted by atomic mass is 32.2. The van der Waals surface area contributed by atoms with Gasteiger partial charge in [0.2, 0.25) is 5.95 Å². The molecule has 0 saturated carbocycles. The van der Waals surface area contributed by atoms with Crippen LogP contribution in [0.5, 0.6) is 0 Å². The van der Waals surface area contributed by atoms with Crippen LogP contribution in [0, 0.1) is 0 Å². The van der Waals surface area contributed by atoms with Gasteiger partial charge in [0.25, 0.3) is 5.56 Å². The molecule has 0 atom stereocenters. The zero-order chi connectivity index (χ0) is 15.8. The second kappa shape index (κ2) is 8.63. The first-order valence-electron chi connectivity index (χ1n) is 7.75. The van der Waals surface area contributed by atoms with Gasteiger partial charge in [-0.05, 0) is 36.3 Å².